The van der Waals surface area contributed by atoms with Crippen LogP contribution in [0.5, 0.6) is 5.75 Å². The predicted molar refractivity (Wildman–Crippen MR) is 45.2 cm³/mol. The Morgan fingerprint density at radius 3 is 2.60 bits per heavy atom. The monoisotopic (exact) mass is 236 g/mol. The third kappa shape index (κ3) is 3.64. The van der Waals surface area contributed by atoms with Crippen molar-refractivity contribution in [2.75, 3.05) is 0 Å². The van der Waals surface area contributed by atoms with Crippen LogP contribution in [0.25, 0.3) is 0 Å². The van der Waals surface area contributed by atoms with E-state index in [1.165, 1.54) is 0 Å². The largest absolute Gasteiger partial charge is 0.573 e. The van der Waals surface area contributed by atoms with Crippen molar-refractivity contribution < 1.29 is 17.9 Å². The van der Waals surface area contributed by atoms with Crippen LogP contribution in [-0.4, -0.2) is 11.3 Å². The van der Waals surface area contributed by atoms with E-state index in [-0.39, 0.29) is 17.3 Å². The lowest BCUT2D eigenvalue weighted by atomic mass is 10.3. The normalized spacial score (nSPS) is 10.9. The molecule has 0 aliphatic carbocycles. The summed E-state index contributed by atoms with van der Waals surface area (Å²) in [5.41, 5.74) is -0.0256. The van der Waals surface area contributed by atoms with Gasteiger partial charge in [-0.3, -0.25) is 0 Å². The number of hydrogen-bond acceptors (Lipinski definition) is 3. The molecule has 3 nitrogen and oxygen atoms in total. The number of hydrogen-bond donors (Lipinski definition) is 0. The van der Waals surface area contributed by atoms with E-state index in [0.717, 1.165) is 12.1 Å². The van der Waals surface area contributed by atoms with Crippen LogP contribution in [0, 0.1) is 11.3 Å². The average Bonchev–Trinajstić information content (AvgIpc) is 2.14. The fraction of sp³-hybridized carbons (Fsp3) is 0.250. The Kier molecular flexibility index (Phi) is 3.37. The summed E-state index contributed by atoms with van der Waals surface area (Å²) < 4.78 is 39.2. The van der Waals surface area contributed by atoms with E-state index >= 15 is 0 Å². The summed E-state index contributed by atoms with van der Waals surface area (Å²) in [6, 6.07) is 3.53. The number of alkyl halides is 4. The van der Waals surface area contributed by atoms with Gasteiger partial charge in [-0.05, 0) is 0 Å². The van der Waals surface area contributed by atoms with Gasteiger partial charge < -0.3 is 4.74 Å². The van der Waals surface area contributed by atoms with Crippen molar-refractivity contribution >= 4 is 11.6 Å². The highest BCUT2D eigenvalue weighted by atomic mass is 35.5. The molecule has 0 unspecified atom stereocenters. The lowest BCUT2D eigenvalue weighted by Crippen LogP contribution is -2.17. The standard InChI is InChI=1S/C8H4ClF3N2O/c9-3-5-1-7(15-8(10,11)12)2-6(4-13)14-5/h1-2H,3H2. The summed E-state index contributed by atoms with van der Waals surface area (Å²) in [7, 11) is 0. The average molecular weight is 237 g/mol. The Hall–Kier alpha value is -1.48. The minimum absolute atomic E-state index is 0.0935. The highest BCUT2D eigenvalue weighted by Gasteiger charge is 2.31. The van der Waals surface area contributed by atoms with Gasteiger partial charge in [-0.25, -0.2) is 4.98 Å². The third-order valence-electron chi connectivity index (χ3n) is 1.34. The number of nitrogens with zero attached hydrogens (tertiary/aromatic N) is 2. The van der Waals surface area contributed by atoms with Gasteiger partial charge in [0.15, 0.2) is 0 Å². The SMILES string of the molecule is N#Cc1cc(OC(F)(F)F)cc(CCl)n1. The summed E-state index contributed by atoms with van der Waals surface area (Å²) in [4.78, 5) is 3.66. The van der Waals surface area contributed by atoms with Gasteiger partial charge in [-0.15, -0.1) is 24.8 Å². The van der Waals surface area contributed by atoms with Gasteiger partial charge in [0.25, 0.3) is 0 Å². The van der Waals surface area contributed by atoms with Crippen molar-refractivity contribution in [2.45, 2.75) is 12.2 Å². The predicted octanol–water partition coefficient (Wildman–Crippen LogP) is 2.59. The number of aromatic nitrogens is 1. The summed E-state index contributed by atoms with van der Waals surface area (Å²) >= 11 is 5.39. The highest BCUT2D eigenvalue weighted by molar-refractivity contribution is 6.16. The van der Waals surface area contributed by atoms with Gasteiger partial charge in [0.05, 0.1) is 11.6 Å². The van der Waals surface area contributed by atoms with E-state index in [1.807, 2.05) is 0 Å². The molecule has 1 aromatic rings. The molecular formula is C8H4ClF3N2O. The molecular weight excluding hydrogens is 233 g/mol. The molecule has 0 aromatic carbocycles. The lowest BCUT2D eigenvalue weighted by molar-refractivity contribution is -0.274. The smallest absolute Gasteiger partial charge is 0.406 e. The van der Waals surface area contributed by atoms with Gasteiger partial charge in [0, 0.05) is 12.1 Å². The van der Waals surface area contributed by atoms with E-state index in [2.05, 4.69) is 9.72 Å². The van der Waals surface area contributed by atoms with Crippen molar-refractivity contribution in [3.63, 3.8) is 0 Å². The van der Waals surface area contributed by atoms with Crippen molar-refractivity contribution in [1.82, 2.24) is 4.98 Å². The first-order chi connectivity index (χ1) is 6.94. The molecule has 1 aromatic heterocycles. The molecule has 0 bridgehead atoms. The van der Waals surface area contributed by atoms with Crippen molar-refractivity contribution in [2.24, 2.45) is 0 Å². The van der Waals surface area contributed by atoms with E-state index in [1.54, 1.807) is 6.07 Å². The summed E-state index contributed by atoms with van der Waals surface area (Å²) in [5, 5.41) is 8.49. The maximum Gasteiger partial charge on any atom is 0.573 e. The van der Waals surface area contributed by atoms with Crippen LogP contribution in [0.2, 0.25) is 0 Å². The molecule has 0 fully saturated rings. The second-order valence-corrected chi connectivity index (χ2v) is 2.74. The van der Waals surface area contributed by atoms with E-state index in [0.29, 0.717) is 0 Å². The molecule has 0 saturated heterocycles. The Labute approximate surface area is 88.1 Å². The van der Waals surface area contributed by atoms with Crippen molar-refractivity contribution in [3.8, 4) is 11.8 Å². The molecule has 0 amide bonds. The zero-order valence-corrected chi connectivity index (χ0v) is 7.93. The maximum absolute atomic E-state index is 11.9. The minimum atomic E-state index is -4.79. The summed E-state index contributed by atoms with van der Waals surface area (Å²) in [6.45, 7) is 0. The van der Waals surface area contributed by atoms with Crippen LogP contribution in [0.4, 0.5) is 13.2 Å². The number of halogens is 4. The fourth-order valence-electron chi connectivity index (χ4n) is 0.878. The molecule has 7 heteroatoms. The molecule has 0 radical (unpaired) electrons. The Balaban J connectivity index is 3.03. The van der Waals surface area contributed by atoms with E-state index in [4.69, 9.17) is 16.9 Å². The molecule has 15 heavy (non-hydrogen) atoms. The van der Waals surface area contributed by atoms with Crippen LogP contribution in [0.3, 0.4) is 0 Å². The molecule has 80 valence electrons. The van der Waals surface area contributed by atoms with Crippen LogP contribution >= 0.6 is 11.6 Å². The molecule has 0 N–H and O–H groups in total. The second-order valence-electron chi connectivity index (χ2n) is 2.47. The van der Waals surface area contributed by atoms with E-state index < -0.39 is 12.1 Å². The molecule has 1 rings (SSSR count). The third-order valence-corrected chi connectivity index (χ3v) is 1.61. The number of ether oxygens (including phenoxy) is 1. The highest BCUT2D eigenvalue weighted by Crippen LogP contribution is 2.24. The van der Waals surface area contributed by atoms with Gasteiger partial charge >= 0.3 is 6.36 Å². The topological polar surface area (TPSA) is 45.9 Å². The van der Waals surface area contributed by atoms with Gasteiger partial charge in [0.2, 0.25) is 0 Å². The number of pyridine rings is 1. The summed E-state index contributed by atoms with van der Waals surface area (Å²) in [5.74, 6) is -0.589. The van der Waals surface area contributed by atoms with Crippen LogP contribution in [0.15, 0.2) is 12.1 Å². The van der Waals surface area contributed by atoms with Crippen LogP contribution < -0.4 is 4.74 Å². The van der Waals surface area contributed by atoms with Crippen LogP contribution in [0.1, 0.15) is 11.4 Å². The minimum Gasteiger partial charge on any atom is -0.406 e. The number of nitriles is 1. The first kappa shape index (κ1) is 11.6. The van der Waals surface area contributed by atoms with Crippen molar-refractivity contribution in [3.05, 3.63) is 23.5 Å². The Bertz CT molecular complexity index is 400. The van der Waals surface area contributed by atoms with Gasteiger partial charge in [-0.2, -0.15) is 5.26 Å². The van der Waals surface area contributed by atoms with Gasteiger partial charge in [-0.1, -0.05) is 0 Å². The molecule has 0 spiro atoms. The first-order valence-electron chi connectivity index (χ1n) is 3.67. The van der Waals surface area contributed by atoms with Gasteiger partial charge in [0.1, 0.15) is 17.5 Å². The Morgan fingerprint density at radius 2 is 2.13 bits per heavy atom. The first-order valence-corrected chi connectivity index (χ1v) is 4.21. The van der Waals surface area contributed by atoms with E-state index in [9.17, 15) is 13.2 Å². The van der Waals surface area contributed by atoms with Crippen molar-refractivity contribution in [1.29, 1.82) is 5.26 Å². The number of rotatable bonds is 2. The Morgan fingerprint density at radius 1 is 1.47 bits per heavy atom. The molecule has 0 aliphatic rings. The molecule has 0 aliphatic heterocycles. The molecule has 0 saturated carbocycles. The molecule has 0 atom stereocenters. The fourth-order valence-corrected chi connectivity index (χ4v) is 1.02. The quantitative estimate of drug-likeness (QED) is 0.742. The zero-order chi connectivity index (χ0) is 11.5. The maximum atomic E-state index is 11.9. The lowest BCUT2D eigenvalue weighted by Gasteiger charge is -2.09. The summed E-state index contributed by atoms with van der Waals surface area (Å²) in [6.07, 6.45) is -4.79. The second kappa shape index (κ2) is 4.36. The zero-order valence-electron chi connectivity index (χ0n) is 7.18. The molecule has 1 heterocycles. The van der Waals surface area contributed by atoms with Crippen LogP contribution in [-0.2, 0) is 5.88 Å².